The Morgan fingerprint density at radius 3 is 2.32 bits per heavy atom. The molecule has 3 heterocycles. The number of fused-ring (bicyclic) bond motifs is 1. The predicted molar refractivity (Wildman–Crippen MR) is 176 cm³/mol. The average Bonchev–Trinajstić information content (AvgIpc) is 3.73. The maximum atomic E-state index is 15.0. The van der Waals surface area contributed by atoms with Crippen LogP contribution < -0.4 is 11.2 Å². The van der Waals surface area contributed by atoms with Gasteiger partial charge in [-0.1, -0.05) is 55.5 Å². The van der Waals surface area contributed by atoms with E-state index in [0.29, 0.717) is 48.6 Å². The van der Waals surface area contributed by atoms with Crippen molar-refractivity contribution in [1.29, 1.82) is 0 Å². The molecule has 13 heteroatoms. The molecule has 6 rings (SSSR count). The van der Waals surface area contributed by atoms with Crippen LogP contribution in [0.5, 0.6) is 0 Å². The molecule has 6 aromatic rings. The molecule has 10 nitrogen and oxygen atoms in total. The van der Waals surface area contributed by atoms with E-state index in [-0.39, 0.29) is 16.7 Å². The summed E-state index contributed by atoms with van der Waals surface area (Å²) >= 11 is 1.22. The third kappa shape index (κ3) is 6.58. The number of ketones is 1. The number of thiophene rings is 1. The quantitative estimate of drug-likeness (QED) is 0.186. The number of likely N-dealkylation sites (N-methyl/N-ethyl adjacent to an activating group) is 1. The zero-order valence-corrected chi connectivity index (χ0v) is 26.6. The molecule has 0 radical (unpaired) electrons. The first-order valence-electron chi connectivity index (χ1n) is 15.0. The number of carbonyl (C=O) groups is 1. The molecule has 0 saturated heterocycles. The van der Waals surface area contributed by atoms with E-state index in [1.165, 1.54) is 28.3 Å². The molecule has 3 aromatic heterocycles. The minimum absolute atomic E-state index is 0.121. The van der Waals surface area contributed by atoms with Crippen LogP contribution in [0.1, 0.15) is 30.0 Å². The Labute approximate surface area is 272 Å². The Morgan fingerprint density at radius 2 is 1.66 bits per heavy atom. The Kier molecular flexibility index (Phi) is 9.27. The summed E-state index contributed by atoms with van der Waals surface area (Å²) in [5.41, 5.74) is 1.12. The van der Waals surface area contributed by atoms with E-state index in [0.717, 1.165) is 32.7 Å². The van der Waals surface area contributed by atoms with Crippen LogP contribution in [-0.4, -0.2) is 53.6 Å². The fourth-order valence-electron chi connectivity index (χ4n) is 5.47. The largest absolute Gasteiger partial charge is 0.337 e. The van der Waals surface area contributed by atoms with Crippen LogP contribution in [0, 0.1) is 11.6 Å². The minimum Gasteiger partial charge on any atom is -0.300 e. The van der Waals surface area contributed by atoms with Gasteiger partial charge < -0.3 is 4.90 Å². The average molecular weight is 656 g/mol. The molecular formula is C34H31F2N7O3S. The highest BCUT2D eigenvalue weighted by Gasteiger charge is 2.25. The lowest BCUT2D eigenvalue weighted by atomic mass is 10.0. The van der Waals surface area contributed by atoms with Gasteiger partial charge in [-0.25, -0.2) is 22.8 Å². The lowest BCUT2D eigenvalue weighted by Crippen LogP contribution is -2.39. The number of nitrogens with zero attached hydrogens (tertiary/aromatic N) is 7. The second-order valence-corrected chi connectivity index (χ2v) is 12.2. The second kappa shape index (κ2) is 13.7. The molecule has 0 spiro atoms. The fraction of sp³-hybridized carbons (Fsp3) is 0.235. The standard InChI is InChI=1S/C34H31F2N7O3S/c1-3-25(44)18-22-12-14-23(15-13-22)31-27(19-40(2)16-17-41-21-37-38-39-41)30-32(45)43(24-8-5-4-6-9-24)34(46)42(33(30)47-31)20-26-28(35)10-7-11-29(26)36/h4-15,21H,3,16-20H2,1-2H3. The van der Waals surface area contributed by atoms with Gasteiger partial charge in [0.15, 0.2) is 0 Å². The summed E-state index contributed by atoms with van der Waals surface area (Å²) in [4.78, 5) is 43.7. The highest BCUT2D eigenvalue weighted by atomic mass is 32.1. The summed E-state index contributed by atoms with van der Waals surface area (Å²) in [5, 5.41) is 11.6. The van der Waals surface area contributed by atoms with Gasteiger partial charge in [0.1, 0.15) is 28.6 Å². The number of hydrogen-bond acceptors (Lipinski definition) is 8. The van der Waals surface area contributed by atoms with E-state index >= 15 is 0 Å². The number of benzene rings is 3. The van der Waals surface area contributed by atoms with Crippen LogP contribution in [0.4, 0.5) is 8.78 Å². The van der Waals surface area contributed by atoms with E-state index in [4.69, 9.17) is 0 Å². The topological polar surface area (TPSA) is 108 Å². The predicted octanol–water partition coefficient (Wildman–Crippen LogP) is 4.85. The number of Topliss-reactive ketones (excluding diaryl/α,β-unsaturated/α-hetero) is 1. The van der Waals surface area contributed by atoms with Crippen LogP contribution in [0.25, 0.3) is 26.3 Å². The summed E-state index contributed by atoms with van der Waals surface area (Å²) in [6.45, 7) is 2.74. The molecule has 3 aromatic carbocycles. The molecule has 0 aliphatic heterocycles. The molecule has 0 unspecified atom stereocenters. The number of rotatable bonds is 12. The third-order valence-electron chi connectivity index (χ3n) is 8.01. The van der Waals surface area contributed by atoms with Gasteiger partial charge in [-0.15, -0.1) is 16.4 Å². The highest BCUT2D eigenvalue weighted by molar-refractivity contribution is 7.22. The maximum absolute atomic E-state index is 15.0. The van der Waals surface area contributed by atoms with Crippen molar-refractivity contribution in [2.24, 2.45) is 0 Å². The Hall–Kier alpha value is -5.14. The number of aromatic nitrogens is 6. The van der Waals surface area contributed by atoms with E-state index in [1.54, 1.807) is 35.0 Å². The first-order valence-corrected chi connectivity index (χ1v) is 15.9. The zero-order valence-electron chi connectivity index (χ0n) is 25.8. The zero-order chi connectivity index (χ0) is 33.1. The number of hydrogen-bond donors (Lipinski definition) is 0. The van der Waals surface area contributed by atoms with Gasteiger partial charge in [-0.3, -0.25) is 14.2 Å². The molecular weight excluding hydrogens is 624 g/mol. The molecule has 0 amide bonds. The summed E-state index contributed by atoms with van der Waals surface area (Å²) in [6.07, 6.45) is 2.27. The Morgan fingerprint density at radius 1 is 0.936 bits per heavy atom. The lowest BCUT2D eigenvalue weighted by Gasteiger charge is -2.18. The molecule has 47 heavy (non-hydrogen) atoms. The van der Waals surface area contributed by atoms with Crippen molar-refractivity contribution in [3.63, 3.8) is 0 Å². The summed E-state index contributed by atoms with van der Waals surface area (Å²) in [6, 6.07) is 19.6. The molecule has 0 atom stereocenters. The number of para-hydroxylation sites is 1. The van der Waals surface area contributed by atoms with Gasteiger partial charge >= 0.3 is 5.69 Å². The van der Waals surface area contributed by atoms with Gasteiger partial charge in [0.25, 0.3) is 5.56 Å². The van der Waals surface area contributed by atoms with Gasteiger partial charge in [-0.2, -0.15) is 0 Å². The normalized spacial score (nSPS) is 11.5. The van der Waals surface area contributed by atoms with Gasteiger partial charge in [0.2, 0.25) is 0 Å². The van der Waals surface area contributed by atoms with Crippen LogP contribution in [0.3, 0.4) is 0 Å². The summed E-state index contributed by atoms with van der Waals surface area (Å²) in [5.74, 6) is -1.46. The summed E-state index contributed by atoms with van der Waals surface area (Å²) < 4.78 is 33.9. The highest BCUT2D eigenvalue weighted by Crippen LogP contribution is 2.38. The number of carbonyl (C=O) groups excluding carboxylic acids is 1. The van der Waals surface area contributed by atoms with Crippen LogP contribution in [0.2, 0.25) is 0 Å². The first-order chi connectivity index (χ1) is 22.7. The molecule has 0 fully saturated rings. The molecule has 0 saturated carbocycles. The Bertz CT molecular complexity index is 2140. The molecule has 0 aliphatic rings. The molecule has 0 aliphatic carbocycles. The van der Waals surface area contributed by atoms with Crippen molar-refractivity contribution in [1.82, 2.24) is 34.2 Å². The number of halogens is 2. The fourth-order valence-corrected chi connectivity index (χ4v) is 6.77. The van der Waals surface area contributed by atoms with E-state index < -0.39 is 29.4 Å². The smallest absolute Gasteiger partial charge is 0.300 e. The minimum atomic E-state index is -0.793. The lowest BCUT2D eigenvalue weighted by molar-refractivity contribution is -0.118. The van der Waals surface area contributed by atoms with Gasteiger partial charge in [0, 0.05) is 36.4 Å². The van der Waals surface area contributed by atoms with Crippen LogP contribution in [-0.2, 0) is 30.8 Å². The van der Waals surface area contributed by atoms with Crippen molar-refractivity contribution in [2.75, 3.05) is 13.6 Å². The maximum Gasteiger partial charge on any atom is 0.337 e. The number of tetrazole rings is 1. The Balaban J connectivity index is 1.58. The van der Waals surface area contributed by atoms with Crippen LogP contribution in [0.15, 0.2) is 88.7 Å². The van der Waals surface area contributed by atoms with Crippen molar-refractivity contribution in [3.8, 4) is 16.1 Å². The van der Waals surface area contributed by atoms with E-state index in [9.17, 15) is 23.2 Å². The van der Waals surface area contributed by atoms with Crippen molar-refractivity contribution in [3.05, 3.63) is 128 Å². The SMILES string of the molecule is CCC(=O)Cc1ccc(-c2sc3c(c2CN(C)CCn2cnnn2)c(=O)n(-c2ccccc2)c(=O)n3Cc2c(F)cccc2F)cc1. The molecule has 240 valence electrons. The first kappa shape index (κ1) is 31.8. The van der Waals surface area contributed by atoms with Crippen molar-refractivity contribution < 1.29 is 13.6 Å². The molecule has 0 N–H and O–H groups in total. The van der Waals surface area contributed by atoms with Gasteiger partial charge in [0.05, 0.1) is 24.2 Å². The van der Waals surface area contributed by atoms with Crippen molar-refractivity contribution >= 4 is 27.3 Å². The van der Waals surface area contributed by atoms with E-state index in [1.807, 2.05) is 43.1 Å². The summed E-state index contributed by atoms with van der Waals surface area (Å²) in [7, 11) is 1.90. The monoisotopic (exact) mass is 655 g/mol. The van der Waals surface area contributed by atoms with E-state index in [2.05, 4.69) is 15.5 Å². The van der Waals surface area contributed by atoms with Crippen molar-refractivity contribution in [2.45, 2.75) is 39.4 Å². The van der Waals surface area contributed by atoms with Crippen LogP contribution >= 0.6 is 11.3 Å². The third-order valence-corrected chi connectivity index (χ3v) is 9.31. The molecule has 0 bridgehead atoms. The second-order valence-electron chi connectivity index (χ2n) is 11.2. The van der Waals surface area contributed by atoms with Gasteiger partial charge in [-0.05, 0) is 58.4 Å².